The molecule has 126 valence electrons. The fourth-order valence-electron chi connectivity index (χ4n) is 3.34. The monoisotopic (exact) mass is 348 g/mol. The summed E-state index contributed by atoms with van der Waals surface area (Å²) in [5.41, 5.74) is 3.31. The Kier molecular flexibility index (Phi) is 4.66. The summed E-state index contributed by atoms with van der Waals surface area (Å²) in [6, 6.07) is 21.9. The van der Waals surface area contributed by atoms with E-state index in [0.29, 0.717) is 0 Å². The third-order valence-electron chi connectivity index (χ3n) is 4.63. The molecule has 0 aliphatic heterocycles. The number of fused-ring (bicyclic) bond motifs is 1. The summed E-state index contributed by atoms with van der Waals surface area (Å²) >= 11 is 1.60. The van der Waals surface area contributed by atoms with Gasteiger partial charge in [0.15, 0.2) is 6.10 Å². The van der Waals surface area contributed by atoms with Crippen LogP contribution in [0.25, 0.3) is 0 Å². The van der Waals surface area contributed by atoms with E-state index in [1.807, 2.05) is 66.7 Å². The van der Waals surface area contributed by atoms with Crippen molar-refractivity contribution >= 4 is 17.3 Å². The van der Waals surface area contributed by atoms with Gasteiger partial charge in [-0.25, -0.2) is 4.79 Å². The smallest absolute Gasteiger partial charge is 0.349 e. The van der Waals surface area contributed by atoms with Gasteiger partial charge in [-0.05, 0) is 48.4 Å². The van der Waals surface area contributed by atoms with Crippen molar-refractivity contribution in [2.24, 2.45) is 0 Å². The predicted octanol–water partition coefficient (Wildman–Crippen LogP) is 5.57. The summed E-state index contributed by atoms with van der Waals surface area (Å²) < 4.78 is 5.96. The van der Waals surface area contributed by atoms with Gasteiger partial charge in [0.05, 0.1) is 0 Å². The summed E-state index contributed by atoms with van der Waals surface area (Å²) in [6.45, 7) is 0. The van der Waals surface area contributed by atoms with Gasteiger partial charge in [-0.1, -0.05) is 60.7 Å². The first-order chi connectivity index (χ1) is 12.3. The van der Waals surface area contributed by atoms with Gasteiger partial charge >= 0.3 is 5.97 Å². The molecular weight excluding hydrogens is 328 g/mol. The van der Waals surface area contributed by atoms with Crippen molar-refractivity contribution in [2.45, 2.75) is 31.8 Å². The maximum atomic E-state index is 12.8. The van der Waals surface area contributed by atoms with Gasteiger partial charge in [0.25, 0.3) is 0 Å². The van der Waals surface area contributed by atoms with Crippen LogP contribution in [-0.4, -0.2) is 5.97 Å². The van der Waals surface area contributed by atoms with E-state index in [0.717, 1.165) is 28.8 Å². The molecule has 0 spiro atoms. The molecule has 0 fully saturated rings. The maximum Gasteiger partial charge on any atom is 0.349 e. The van der Waals surface area contributed by atoms with Crippen LogP contribution in [0.4, 0.5) is 0 Å². The van der Waals surface area contributed by atoms with Gasteiger partial charge in [-0.3, -0.25) is 0 Å². The quantitative estimate of drug-likeness (QED) is 0.576. The Labute approximate surface area is 152 Å². The summed E-state index contributed by atoms with van der Waals surface area (Å²) in [4.78, 5) is 14.9. The molecule has 0 saturated carbocycles. The minimum atomic E-state index is -0.381. The van der Waals surface area contributed by atoms with Crippen LogP contribution in [-0.2, 0) is 17.6 Å². The highest BCUT2D eigenvalue weighted by Crippen LogP contribution is 2.32. The number of rotatable bonds is 4. The lowest BCUT2D eigenvalue weighted by Crippen LogP contribution is -2.12. The van der Waals surface area contributed by atoms with E-state index in [9.17, 15) is 4.79 Å². The van der Waals surface area contributed by atoms with Crippen molar-refractivity contribution < 1.29 is 9.53 Å². The zero-order valence-electron chi connectivity index (χ0n) is 14.0. The van der Waals surface area contributed by atoms with E-state index in [-0.39, 0.29) is 12.1 Å². The molecule has 0 amide bonds. The summed E-state index contributed by atoms with van der Waals surface area (Å²) in [6.07, 6.45) is 4.23. The van der Waals surface area contributed by atoms with Crippen LogP contribution in [0.15, 0.2) is 66.7 Å². The Hall–Kier alpha value is -2.39. The fourth-order valence-corrected chi connectivity index (χ4v) is 4.48. The largest absolute Gasteiger partial charge is 0.448 e. The average molecular weight is 348 g/mol. The molecule has 3 aromatic rings. The molecule has 0 N–H and O–H groups in total. The molecule has 1 aromatic heterocycles. The standard InChI is InChI=1S/C22H20O2S/c23-22(20-15-18-13-7-8-14-19(18)25-20)24-21(16-9-3-1-4-10-16)17-11-5-2-6-12-17/h1-6,9-12,15,21H,7-8,13-14H2. The minimum Gasteiger partial charge on any atom is -0.448 e. The highest BCUT2D eigenvalue weighted by Gasteiger charge is 2.23. The average Bonchev–Trinajstić information content (AvgIpc) is 3.12. The summed E-state index contributed by atoms with van der Waals surface area (Å²) in [5.74, 6) is -0.225. The van der Waals surface area contributed by atoms with Gasteiger partial charge in [0.1, 0.15) is 4.88 Å². The second kappa shape index (κ2) is 7.24. The van der Waals surface area contributed by atoms with Crippen LogP contribution in [0.3, 0.4) is 0 Å². The molecule has 4 rings (SSSR count). The van der Waals surface area contributed by atoms with Crippen LogP contribution in [0.2, 0.25) is 0 Å². The van der Waals surface area contributed by atoms with Gasteiger partial charge in [-0.2, -0.15) is 0 Å². The first kappa shape index (κ1) is 16.1. The Morgan fingerprint density at radius 3 is 2.08 bits per heavy atom. The van der Waals surface area contributed by atoms with Gasteiger partial charge in [0.2, 0.25) is 0 Å². The Bertz CT molecular complexity index is 789. The van der Waals surface area contributed by atoms with Gasteiger partial charge in [0, 0.05) is 4.88 Å². The molecule has 1 aliphatic rings. The van der Waals surface area contributed by atoms with Crippen molar-refractivity contribution in [2.75, 3.05) is 0 Å². The number of aryl methyl sites for hydroxylation is 2. The Balaban J connectivity index is 1.62. The zero-order chi connectivity index (χ0) is 17.1. The summed E-state index contributed by atoms with van der Waals surface area (Å²) in [5, 5.41) is 0. The molecule has 0 unspecified atom stereocenters. The molecule has 0 atom stereocenters. The molecule has 2 nitrogen and oxygen atoms in total. The second-order valence-corrected chi connectivity index (χ2v) is 7.51. The van der Waals surface area contributed by atoms with Crippen LogP contribution < -0.4 is 0 Å². The first-order valence-corrected chi connectivity index (χ1v) is 9.55. The normalized spacial score (nSPS) is 13.5. The minimum absolute atomic E-state index is 0.225. The van der Waals surface area contributed by atoms with Crippen LogP contribution >= 0.6 is 11.3 Å². The van der Waals surface area contributed by atoms with E-state index in [1.165, 1.54) is 23.3 Å². The molecule has 1 heterocycles. The lowest BCUT2D eigenvalue weighted by molar-refractivity contribution is 0.0384. The van der Waals surface area contributed by atoms with Crippen LogP contribution in [0.1, 0.15) is 50.2 Å². The highest BCUT2D eigenvalue weighted by molar-refractivity contribution is 7.14. The van der Waals surface area contributed by atoms with E-state index in [4.69, 9.17) is 4.74 Å². The Morgan fingerprint density at radius 1 is 0.880 bits per heavy atom. The fraction of sp³-hybridized carbons (Fsp3) is 0.227. The number of thiophene rings is 1. The SMILES string of the molecule is O=C(OC(c1ccccc1)c1ccccc1)c1cc2c(s1)CCCC2. The lowest BCUT2D eigenvalue weighted by Gasteiger charge is -2.18. The molecule has 3 heteroatoms. The number of ether oxygens (including phenoxy) is 1. The number of hydrogen-bond acceptors (Lipinski definition) is 3. The molecule has 2 aromatic carbocycles. The van der Waals surface area contributed by atoms with Crippen LogP contribution in [0.5, 0.6) is 0 Å². The van der Waals surface area contributed by atoms with Gasteiger partial charge < -0.3 is 4.74 Å². The van der Waals surface area contributed by atoms with Crippen molar-refractivity contribution in [3.05, 3.63) is 93.2 Å². The van der Waals surface area contributed by atoms with Crippen molar-refractivity contribution in [1.82, 2.24) is 0 Å². The zero-order valence-corrected chi connectivity index (χ0v) is 14.8. The highest BCUT2D eigenvalue weighted by atomic mass is 32.1. The van der Waals surface area contributed by atoms with Crippen molar-refractivity contribution in [1.29, 1.82) is 0 Å². The third kappa shape index (κ3) is 3.52. The topological polar surface area (TPSA) is 26.3 Å². The predicted molar refractivity (Wildman–Crippen MR) is 101 cm³/mol. The van der Waals surface area contributed by atoms with E-state index in [2.05, 4.69) is 0 Å². The van der Waals surface area contributed by atoms with Crippen molar-refractivity contribution in [3.63, 3.8) is 0 Å². The van der Waals surface area contributed by atoms with Crippen molar-refractivity contribution in [3.8, 4) is 0 Å². The third-order valence-corrected chi connectivity index (χ3v) is 5.84. The van der Waals surface area contributed by atoms with E-state index in [1.54, 1.807) is 11.3 Å². The van der Waals surface area contributed by atoms with Gasteiger partial charge in [-0.15, -0.1) is 11.3 Å². The number of hydrogen-bond donors (Lipinski definition) is 0. The molecule has 0 saturated heterocycles. The van der Waals surface area contributed by atoms with E-state index < -0.39 is 0 Å². The molecule has 0 bridgehead atoms. The number of esters is 1. The second-order valence-electron chi connectivity index (χ2n) is 6.37. The first-order valence-electron chi connectivity index (χ1n) is 8.74. The number of carbonyl (C=O) groups is 1. The molecule has 1 aliphatic carbocycles. The van der Waals surface area contributed by atoms with E-state index >= 15 is 0 Å². The van der Waals surface area contributed by atoms with Crippen LogP contribution in [0, 0.1) is 0 Å². The Morgan fingerprint density at radius 2 is 1.48 bits per heavy atom. The molecule has 0 radical (unpaired) electrons. The maximum absolute atomic E-state index is 12.8. The number of benzene rings is 2. The lowest BCUT2D eigenvalue weighted by atomic mass is 9.99. The number of carbonyl (C=O) groups excluding carboxylic acids is 1. The molecular formula is C22H20O2S. The molecule has 25 heavy (non-hydrogen) atoms. The summed E-state index contributed by atoms with van der Waals surface area (Å²) in [7, 11) is 0.